The minimum Gasteiger partial charge on any atom is -0.497 e. The summed E-state index contributed by atoms with van der Waals surface area (Å²) in [4.78, 5) is 12.0. The van der Waals surface area contributed by atoms with Crippen LogP contribution in [0, 0.1) is 0 Å². The highest BCUT2D eigenvalue weighted by Crippen LogP contribution is 2.28. The van der Waals surface area contributed by atoms with Gasteiger partial charge in [0.15, 0.2) is 0 Å². The van der Waals surface area contributed by atoms with Crippen LogP contribution in [-0.2, 0) is 11.2 Å². The molecule has 4 nitrogen and oxygen atoms in total. The number of benzene rings is 1. The molecule has 116 valence electrons. The Morgan fingerprint density at radius 2 is 1.90 bits per heavy atom. The first-order chi connectivity index (χ1) is 10.1. The molecule has 0 aromatic heterocycles. The molecule has 1 amide bonds. The molecule has 0 unspecified atom stereocenters. The average molecular weight is 290 g/mol. The van der Waals surface area contributed by atoms with Crippen molar-refractivity contribution in [1.29, 1.82) is 0 Å². The normalized spacial score (nSPS) is 17.2. The number of hydrogen-bond donors (Lipinski definition) is 2. The van der Waals surface area contributed by atoms with Crippen LogP contribution in [0.5, 0.6) is 5.75 Å². The molecule has 1 saturated carbocycles. The molecular weight excluding hydrogens is 264 g/mol. The maximum atomic E-state index is 12.0. The van der Waals surface area contributed by atoms with Gasteiger partial charge < -0.3 is 15.8 Å². The third kappa shape index (κ3) is 5.05. The van der Waals surface area contributed by atoms with Crippen LogP contribution < -0.4 is 15.8 Å². The molecule has 0 aliphatic heterocycles. The fraction of sp³-hybridized carbons (Fsp3) is 0.588. The third-order valence-corrected chi connectivity index (χ3v) is 4.26. The lowest BCUT2D eigenvalue weighted by atomic mass is 9.80. The van der Waals surface area contributed by atoms with Crippen LogP contribution in [0.2, 0.25) is 0 Å². The summed E-state index contributed by atoms with van der Waals surface area (Å²) in [5, 5.41) is 2.98. The maximum absolute atomic E-state index is 12.0. The van der Waals surface area contributed by atoms with E-state index in [0.717, 1.165) is 37.9 Å². The number of rotatable bonds is 6. The van der Waals surface area contributed by atoms with Crippen molar-refractivity contribution in [3.05, 3.63) is 29.8 Å². The number of ether oxygens (including phenoxy) is 1. The Labute approximate surface area is 127 Å². The molecule has 0 saturated heterocycles. The van der Waals surface area contributed by atoms with E-state index in [1.807, 2.05) is 24.3 Å². The standard InChI is InChI=1S/C17H26N2O2/c1-21-15-7-5-14(6-8-15)9-12-19-16(20)13-17(18)10-3-2-4-11-17/h5-8H,2-4,9-13,18H2,1H3,(H,19,20). The molecule has 1 aliphatic rings. The van der Waals surface area contributed by atoms with Gasteiger partial charge in [-0.2, -0.15) is 0 Å². The van der Waals surface area contributed by atoms with Crippen LogP contribution in [0.3, 0.4) is 0 Å². The number of nitrogens with one attached hydrogen (secondary N) is 1. The van der Waals surface area contributed by atoms with Gasteiger partial charge in [0, 0.05) is 18.5 Å². The molecule has 4 heteroatoms. The third-order valence-electron chi connectivity index (χ3n) is 4.26. The van der Waals surface area contributed by atoms with Crippen molar-refractivity contribution in [3.8, 4) is 5.75 Å². The van der Waals surface area contributed by atoms with Crippen molar-refractivity contribution in [2.75, 3.05) is 13.7 Å². The monoisotopic (exact) mass is 290 g/mol. The molecule has 0 bridgehead atoms. The maximum Gasteiger partial charge on any atom is 0.221 e. The second-order valence-electron chi connectivity index (χ2n) is 6.05. The van der Waals surface area contributed by atoms with E-state index in [-0.39, 0.29) is 11.4 Å². The second-order valence-corrected chi connectivity index (χ2v) is 6.05. The van der Waals surface area contributed by atoms with E-state index in [2.05, 4.69) is 5.32 Å². The topological polar surface area (TPSA) is 64.3 Å². The summed E-state index contributed by atoms with van der Waals surface area (Å²) >= 11 is 0. The number of nitrogens with two attached hydrogens (primary N) is 1. The molecule has 1 fully saturated rings. The zero-order valence-electron chi connectivity index (χ0n) is 12.9. The van der Waals surface area contributed by atoms with E-state index in [1.165, 1.54) is 12.0 Å². The Balaban J connectivity index is 1.71. The van der Waals surface area contributed by atoms with Crippen molar-refractivity contribution in [1.82, 2.24) is 5.32 Å². The Hall–Kier alpha value is -1.55. The first-order valence-electron chi connectivity index (χ1n) is 7.80. The quantitative estimate of drug-likeness (QED) is 0.845. The van der Waals surface area contributed by atoms with Gasteiger partial charge >= 0.3 is 0 Å². The van der Waals surface area contributed by atoms with Crippen molar-refractivity contribution in [3.63, 3.8) is 0 Å². The van der Waals surface area contributed by atoms with Crippen molar-refractivity contribution in [2.45, 2.75) is 50.5 Å². The molecular formula is C17H26N2O2. The highest BCUT2D eigenvalue weighted by atomic mass is 16.5. The van der Waals surface area contributed by atoms with Gasteiger partial charge in [0.05, 0.1) is 7.11 Å². The van der Waals surface area contributed by atoms with Crippen molar-refractivity contribution < 1.29 is 9.53 Å². The fourth-order valence-electron chi connectivity index (χ4n) is 2.95. The Kier molecular flexibility index (Phi) is 5.62. The van der Waals surface area contributed by atoms with Gasteiger partial charge in [-0.05, 0) is 37.0 Å². The zero-order chi connectivity index (χ0) is 15.1. The van der Waals surface area contributed by atoms with Crippen LogP contribution in [0.1, 0.15) is 44.1 Å². The van der Waals surface area contributed by atoms with Crippen LogP contribution in [-0.4, -0.2) is 25.1 Å². The largest absolute Gasteiger partial charge is 0.497 e. The predicted molar refractivity (Wildman–Crippen MR) is 84.3 cm³/mol. The molecule has 0 radical (unpaired) electrons. The molecule has 1 aromatic rings. The van der Waals surface area contributed by atoms with Gasteiger partial charge in [-0.1, -0.05) is 31.4 Å². The van der Waals surface area contributed by atoms with E-state index in [4.69, 9.17) is 10.5 Å². The smallest absolute Gasteiger partial charge is 0.221 e. The lowest BCUT2D eigenvalue weighted by Gasteiger charge is -2.32. The second kappa shape index (κ2) is 7.46. The molecule has 0 atom stereocenters. The molecule has 0 heterocycles. The summed E-state index contributed by atoms with van der Waals surface area (Å²) in [5.74, 6) is 0.929. The Bertz CT molecular complexity index is 450. The van der Waals surface area contributed by atoms with Crippen molar-refractivity contribution >= 4 is 5.91 Å². The van der Waals surface area contributed by atoms with Gasteiger partial charge in [-0.3, -0.25) is 4.79 Å². The lowest BCUT2D eigenvalue weighted by molar-refractivity contribution is -0.122. The molecule has 1 aliphatic carbocycles. The number of methoxy groups -OCH3 is 1. The summed E-state index contributed by atoms with van der Waals surface area (Å²) in [6.07, 6.45) is 6.77. The predicted octanol–water partition coefficient (Wildman–Crippen LogP) is 2.41. The SMILES string of the molecule is COc1ccc(CCNC(=O)CC2(N)CCCCC2)cc1. The van der Waals surface area contributed by atoms with Gasteiger partial charge in [0.2, 0.25) is 5.91 Å². The number of hydrogen-bond acceptors (Lipinski definition) is 3. The number of carbonyl (C=O) groups is 1. The highest BCUT2D eigenvalue weighted by molar-refractivity contribution is 5.77. The van der Waals surface area contributed by atoms with Crippen LogP contribution in [0.25, 0.3) is 0 Å². The van der Waals surface area contributed by atoms with Crippen LogP contribution in [0.4, 0.5) is 0 Å². The van der Waals surface area contributed by atoms with Gasteiger partial charge in [-0.25, -0.2) is 0 Å². The number of carbonyl (C=O) groups excluding carboxylic acids is 1. The van der Waals surface area contributed by atoms with Gasteiger partial charge in [0.1, 0.15) is 5.75 Å². The highest BCUT2D eigenvalue weighted by Gasteiger charge is 2.29. The molecule has 21 heavy (non-hydrogen) atoms. The average Bonchev–Trinajstić information content (AvgIpc) is 2.48. The molecule has 3 N–H and O–H groups in total. The minimum absolute atomic E-state index is 0.0768. The number of amides is 1. The summed E-state index contributed by atoms with van der Waals surface area (Å²) in [5.41, 5.74) is 7.22. The summed E-state index contributed by atoms with van der Waals surface area (Å²) < 4.78 is 5.12. The van der Waals surface area contributed by atoms with Gasteiger partial charge in [0.25, 0.3) is 0 Å². The molecule has 1 aromatic carbocycles. The van der Waals surface area contributed by atoms with Crippen LogP contribution in [0.15, 0.2) is 24.3 Å². The van der Waals surface area contributed by atoms with E-state index in [1.54, 1.807) is 7.11 Å². The zero-order valence-corrected chi connectivity index (χ0v) is 12.9. The molecule has 2 rings (SSSR count). The van der Waals surface area contributed by atoms with Crippen LogP contribution >= 0.6 is 0 Å². The fourth-order valence-corrected chi connectivity index (χ4v) is 2.95. The first-order valence-corrected chi connectivity index (χ1v) is 7.80. The van der Waals surface area contributed by atoms with E-state index < -0.39 is 0 Å². The summed E-state index contributed by atoms with van der Waals surface area (Å²) in [6.45, 7) is 0.654. The van der Waals surface area contributed by atoms with Gasteiger partial charge in [-0.15, -0.1) is 0 Å². The van der Waals surface area contributed by atoms with Crippen molar-refractivity contribution in [2.24, 2.45) is 5.73 Å². The lowest BCUT2D eigenvalue weighted by Crippen LogP contribution is -2.46. The van der Waals surface area contributed by atoms with E-state index in [9.17, 15) is 4.79 Å². The minimum atomic E-state index is -0.275. The molecule has 0 spiro atoms. The van der Waals surface area contributed by atoms with E-state index in [0.29, 0.717) is 13.0 Å². The Morgan fingerprint density at radius 1 is 1.24 bits per heavy atom. The first kappa shape index (κ1) is 15.8. The Morgan fingerprint density at radius 3 is 2.52 bits per heavy atom. The summed E-state index contributed by atoms with van der Waals surface area (Å²) in [6, 6.07) is 7.93. The van der Waals surface area contributed by atoms with E-state index >= 15 is 0 Å². The summed E-state index contributed by atoms with van der Waals surface area (Å²) in [7, 11) is 1.66.